The van der Waals surface area contributed by atoms with E-state index >= 15 is 0 Å². The summed E-state index contributed by atoms with van der Waals surface area (Å²) < 4.78 is 19.2. The average molecular weight is 335 g/mol. The largest absolute Gasteiger partial charge is 0.445 e. The molecule has 4 rings (SSSR count). The van der Waals surface area contributed by atoms with Crippen molar-refractivity contribution in [1.29, 1.82) is 0 Å². The maximum atomic E-state index is 13.9. The van der Waals surface area contributed by atoms with Gasteiger partial charge in [0.05, 0.1) is 11.7 Å². The maximum absolute atomic E-state index is 13.9. The first-order valence-electron chi connectivity index (χ1n) is 7.71. The number of carbonyl (C=O) groups excluding carboxylic acids is 1. The quantitative estimate of drug-likeness (QED) is 0.578. The Hall–Kier alpha value is -3.41. The average Bonchev–Trinajstić information content (AvgIpc) is 3.28. The van der Waals surface area contributed by atoms with Crippen molar-refractivity contribution in [2.24, 2.45) is 0 Å². The minimum absolute atomic E-state index is 0.296. The van der Waals surface area contributed by atoms with Gasteiger partial charge in [0, 0.05) is 16.6 Å². The lowest BCUT2D eigenvalue weighted by Gasteiger charge is -2.05. The third-order valence-corrected chi connectivity index (χ3v) is 3.99. The van der Waals surface area contributed by atoms with Gasteiger partial charge < -0.3 is 14.7 Å². The number of fused-ring (bicyclic) bond motifs is 1. The molecular weight excluding hydrogens is 321 g/mol. The molecule has 6 heteroatoms. The maximum Gasteiger partial charge on any atom is 0.272 e. The summed E-state index contributed by atoms with van der Waals surface area (Å²) in [7, 11) is 0. The smallest absolute Gasteiger partial charge is 0.272 e. The van der Waals surface area contributed by atoms with Crippen LogP contribution in [0, 0.1) is 12.7 Å². The van der Waals surface area contributed by atoms with Gasteiger partial charge in [0.25, 0.3) is 5.91 Å². The molecule has 0 spiro atoms. The number of hydrogen-bond acceptors (Lipinski definition) is 3. The molecule has 4 aromatic rings. The molecule has 5 nitrogen and oxygen atoms in total. The Bertz CT molecular complexity index is 1030. The van der Waals surface area contributed by atoms with E-state index in [1.807, 2.05) is 13.0 Å². The fourth-order valence-electron chi connectivity index (χ4n) is 2.74. The molecule has 2 aromatic heterocycles. The summed E-state index contributed by atoms with van der Waals surface area (Å²) >= 11 is 0. The molecule has 2 aromatic carbocycles. The molecule has 0 saturated carbocycles. The van der Waals surface area contributed by atoms with Gasteiger partial charge in [0.2, 0.25) is 5.89 Å². The number of hydrogen-bond donors (Lipinski definition) is 2. The number of rotatable bonds is 3. The predicted octanol–water partition coefficient (Wildman–Crippen LogP) is 4.52. The van der Waals surface area contributed by atoms with Gasteiger partial charge in [-0.25, -0.2) is 9.37 Å². The monoisotopic (exact) mass is 335 g/mol. The van der Waals surface area contributed by atoms with Crippen LogP contribution in [0.5, 0.6) is 0 Å². The van der Waals surface area contributed by atoms with Crippen LogP contribution in [0.4, 0.5) is 10.1 Å². The first-order valence-corrected chi connectivity index (χ1v) is 7.71. The number of aryl methyl sites for hydroxylation is 1. The number of oxazole rings is 1. The van der Waals surface area contributed by atoms with E-state index in [1.54, 1.807) is 30.5 Å². The molecule has 1 amide bonds. The number of halogens is 1. The van der Waals surface area contributed by atoms with Crippen molar-refractivity contribution in [2.45, 2.75) is 6.92 Å². The normalized spacial score (nSPS) is 11.0. The number of carbonyl (C=O) groups is 1. The van der Waals surface area contributed by atoms with E-state index in [9.17, 15) is 9.18 Å². The van der Waals surface area contributed by atoms with Gasteiger partial charge in [-0.05, 0) is 42.8 Å². The first kappa shape index (κ1) is 15.1. The van der Waals surface area contributed by atoms with Gasteiger partial charge in [0.15, 0.2) is 0 Å². The second-order valence-corrected chi connectivity index (χ2v) is 5.71. The fourth-order valence-corrected chi connectivity index (χ4v) is 2.74. The van der Waals surface area contributed by atoms with E-state index < -0.39 is 0 Å². The van der Waals surface area contributed by atoms with E-state index in [1.165, 1.54) is 18.4 Å². The molecule has 0 aliphatic carbocycles. The number of benzene rings is 2. The predicted molar refractivity (Wildman–Crippen MR) is 92.9 cm³/mol. The standard InChI is InChI=1S/C19H14FN3O2/c1-11-5-6-15(20)14-10-16(23-17(11)14)18(24)22-13-4-2-3-12(9-13)19-21-7-8-25-19/h2-10,23H,1H3,(H,22,24). The number of amides is 1. The van der Waals surface area contributed by atoms with Crippen molar-refractivity contribution in [3.63, 3.8) is 0 Å². The Morgan fingerprint density at radius 2 is 2.12 bits per heavy atom. The molecule has 0 aliphatic rings. The Morgan fingerprint density at radius 3 is 2.88 bits per heavy atom. The number of H-pyrrole nitrogens is 1. The highest BCUT2D eigenvalue weighted by Gasteiger charge is 2.14. The molecule has 0 radical (unpaired) electrons. The highest BCUT2D eigenvalue weighted by molar-refractivity contribution is 6.06. The summed E-state index contributed by atoms with van der Waals surface area (Å²) in [6.07, 6.45) is 3.05. The molecule has 0 saturated heterocycles. The zero-order chi connectivity index (χ0) is 17.4. The first-order chi connectivity index (χ1) is 12.1. The van der Waals surface area contributed by atoms with Gasteiger partial charge in [-0.3, -0.25) is 4.79 Å². The number of nitrogens with one attached hydrogen (secondary N) is 2. The molecule has 2 N–H and O–H groups in total. The molecule has 0 aliphatic heterocycles. The third-order valence-electron chi connectivity index (χ3n) is 3.99. The van der Waals surface area contributed by atoms with Crippen LogP contribution in [0.1, 0.15) is 16.1 Å². The summed E-state index contributed by atoms with van der Waals surface area (Å²) in [5.41, 5.74) is 3.14. The Balaban J connectivity index is 1.63. The van der Waals surface area contributed by atoms with Crippen LogP contribution in [0.25, 0.3) is 22.4 Å². The zero-order valence-electron chi connectivity index (χ0n) is 13.3. The minimum Gasteiger partial charge on any atom is -0.445 e. The molecule has 25 heavy (non-hydrogen) atoms. The van der Waals surface area contributed by atoms with Crippen LogP contribution in [0.3, 0.4) is 0 Å². The van der Waals surface area contributed by atoms with Crippen LogP contribution in [0.2, 0.25) is 0 Å². The molecule has 0 bridgehead atoms. The van der Waals surface area contributed by atoms with E-state index in [-0.39, 0.29) is 11.7 Å². The lowest BCUT2D eigenvalue weighted by Crippen LogP contribution is -2.12. The number of anilines is 1. The van der Waals surface area contributed by atoms with E-state index in [0.29, 0.717) is 28.2 Å². The topological polar surface area (TPSA) is 70.9 Å². The van der Waals surface area contributed by atoms with Crippen LogP contribution in [-0.2, 0) is 0 Å². The number of nitrogens with zero attached hydrogens (tertiary/aromatic N) is 1. The highest BCUT2D eigenvalue weighted by atomic mass is 19.1. The van der Waals surface area contributed by atoms with Gasteiger partial charge in [0.1, 0.15) is 17.8 Å². The van der Waals surface area contributed by atoms with E-state index in [4.69, 9.17) is 4.42 Å². The molecular formula is C19H14FN3O2. The summed E-state index contributed by atoms with van der Waals surface area (Å²) in [5.74, 6) is -0.235. The van der Waals surface area contributed by atoms with E-state index in [2.05, 4.69) is 15.3 Å². The summed E-state index contributed by atoms with van der Waals surface area (Å²) in [6.45, 7) is 1.86. The lowest BCUT2D eigenvalue weighted by atomic mass is 10.1. The van der Waals surface area contributed by atoms with Crippen LogP contribution in [-0.4, -0.2) is 15.9 Å². The van der Waals surface area contributed by atoms with Crippen molar-refractivity contribution >= 4 is 22.5 Å². The molecule has 2 heterocycles. The summed E-state index contributed by atoms with van der Waals surface area (Å²) in [5, 5.41) is 3.20. The minimum atomic E-state index is -0.359. The van der Waals surface area contributed by atoms with Crippen LogP contribution < -0.4 is 5.32 Å². The SMILES string of the molecule is Cc1ccc(F)c2cc(C(=O)Nc3cccc(-c4ncco4)c3)[nH]c12. The van der Waals surface area contributed by atoms with Crippen molar-refractivity contribution in [1.82, 2.24) is 9.97 Å². The fraction of sp³-hybridized carbons (Fsp3) is 0.0526. The Morgan fingerprint density at radius 1 is 1.24 bits per heavy atom. The highest BCUT2D eigenvalue weighted by Crippen LogP contribution is 2.24. The zero-order valence-corrected chi connectivity index (χ0v) is 13.3. The summed E-state index contributed by atoms with van der Waals surface area (Å²) in [4.78, 5) is 19.6. The molecule has 0 atom stereocenters. The third kappa shape index (κ3) is 2.78. The van der Waals surface area contributed by atoms with Crippen molar-refractivity contribution in [2.75, 3.05) is 5.32 Å². The van der Waals surface area contributed by atoms with Gasteiger partial charge >= 0.3 is 0 Å². The van der Waals surface area contributed by atoms with E-state index in [0.717, 1.165) is 11.1 Å². The van der Waals surface area contributed by atoms with Gasteiger partial charge in [-0.1, -0.05) is 12.1 Å². The second-order valence-electron chi connectivity index (χ2n) is 5.71. The Labute approximate surface area is 142 Å². The number of aromatic amines is 1. The number of aromatic nitrogens is 2. The second kappa shape index (κ2) is 5.90. The molecule has 0 fully saturated rings. The van der Waals surface area contributed by atoms with Crippen molar-refractivity contribution < 1.29 is 13.6 Å². The van der Waals surface area contributed by atoms with Gasteiger partial charge in [-0.2, -0.15) is 0 Å². The summed E-state index contributed by atoms with van der Waals surface area (Å²) in [6, 6.07) is 11.7. The van der Waals surface area contributed by atoms with Crippen LogP contribution >= 0.6 is 0 Å². The van der Waals surface area contributed by atoms with Crippen LogP contribution in [0.15, 0.2) is 59.3 Å². The Kier molecular flexibility index (Phi) is 3.57. The van der Waals surface area contributed by atoms with Crippen molar-refractivity contribution in [3.8, 4) is 11.5 Å². The molecule has 124 valence electrons. The lowest BCUT2D eigenvalue weighted by molar-refractivity contribution is 0.102. The van der Waals surface area contributed by atoms with Gasteiger partial charge in [-0.15, -0.1) is 0 Å². The molecule has 0 unspecified atom stereocenters. The van der Waals surface area contributed by atoms with Crippen molar-refractivity contribution in [3.05, 3.63) is 72.0 Å².